The van der Waals surface area contributed by atoms with E-state index in [-0.39, 0.29) is 23.5 Å². The van der Waals surface area contributed by atoms with Crippen molar-refractivity contribution >= 4 is 5.97 Å². The minimum Gasteiger partial charge on any atom is -0.490 e. The number of hydrogen-bond acceptors (Lipinski definition) is 5. The predicted molar refractivity (Wildman–Crippen MR) is 151 cm³/mol. The quantitative estimate of drug-likeness (QED) is 0.253. The summed E-state index contributed by atoms with van der Waals surface area (Å²) in [7, 11) is 0. The fourth-order valence-electron chi connectivity index (χ4n) is 6.37. The molecule has 3 saturated carbocycles. The first kappa shape index (κ1) is 25.1. The molecule has 8 nitrogen and oxygen atoms in total. The number of carboxylic acids is 1. The van der Waals surface area contributed by atoms with Crippen LogP contribution in [0.4, 0.5) is 0 Å². The lowest BCUT2D eigenvalue weighted by Crippen LogP contribution is -2.25. The third kappa shape index (κ3) is 4.91. The summed E-state index contributed by atoms with van der Waals surface area (Å²) >= 11 is 0. The van der Waals surface area contributed by atoms with Gasteiger partial charge in [-0.15, -0.1) is 5.10 Å². The van der Waals surface area contributed by atoms with Gasteiger partial charge in [0.05, 0.1) is 35.4 Å². The Morgan fingerprint density at radius 3 is 2.55 bits per heavy atom. The Balaban J connectivity index is 1.15. The zero-order chi connectivity index (χ0) is 27.2. The molecule has 4 aromatic rings. The summed E-state index contributed by atoms with van der Waals surface area (Å²) in [6.07, 6.45) is 13.3. The van der Waals surface area contributed by atoms with E-state index in [1.807, 2.05) is 35.1 Å². The molecule has 3 aliphatic rings. The molecule has 3 aliphatic carbocycles. The van der Waals surface area contributed by atoms with Crippen LogP contribution in [-0.4, -0.2) is 42.0 Å². The second-order valence-electron chi connectivity index (χ2n) is 11.8. The van der Waals surface area contributed by atoms with Crippen molar-refractivity contribution in [1.29, 1.82) is 0 Å². The molecule has 0 amide bonds. The van der Waals surface area contributed by atoms with Gasteiger partial charge in [-0.05, 0) is 80.3 Å². The van der Waals surface area contributed by atoms with Crippen LogP contribution in [0, 0.1) is 5.92 Å². The minimum absolute atomic E-state index is 0.0413. The predicted octanol–water partition coefficient (Wildman–Crippen LogP) is 6.78. The van der Waals surface area contributed by atoms with Crippen molar-refractivity contribution in [2.24, 2.45) is 5.92 Å². The molecule has 8 heteroatoms. The molecule has 0 bridgehead atoms. The van der Waals surface area contributed by atoms with E-state index in [0.29, 0.717) is 12.0 Å². The minimum atomic E-state index is -0.957. The van der Waals surface area contributed by atoms with Crippen LogP contribution in [0.1, 0.15) is 97.9 Å². The van der Waals surface area contributed by atoms with Gasteiger partial charge in [-0.2, -0.15) is 5.10 Å². The molecule has 1 N–H and O–H groups in total. The van der Waals surface area contributed by atoms with Gasteiger partial charge >= 0.3 is 5.97 Å². The van der Waals surface area contributed by atoms with Crippen molar-refractivity contribution in [1.82, 2.24) is 24.8 Å². The molecule has 2 heterocycles. The highest BCUT2D eigenvalue weighted by Crippen LogP contribution is 2.55. The number of nitrogens with zero attached hydrogens (tertiary/aromatic N) is 5. The molecule has 2 unspecified atom stereocenters. The van der Waals surface area contributed by atoms with Crippen LogP contribution < -0.4 is 4.74 Å². The van der Waals surface area contributed by atoms with E-state index in [9.17, 15) is 9.90 Å². The Morgan fingerprint density at radius 1 is 1.00 bits per heavy atom. The van der Waals surface area contributed by atoms with Gasteiger partial charge in [0.25, 0.3) is 0 Å². The van der Waals surface area contributed by atoms with Gasteiger partial charge in [0, 0.05) is 18.0 Å². The van der Waals surface area contributed by atoms with E-state index >= 15 is 0 Å². The van der Waals surface area contributed by atoms with E-state index in [4.69, 9.17) is 4.74 Å². The Bertz CT molecular complexity index is 1530. The Labute approximate surface area is 234 Å². The number of carbonyl (C=O) groups is 1. The van der Waals surface area contributed by atoms with Gasteiger partial charge < -0.3 is 9.84 Å². The van der Waals surface area contributed by atoms with Crippen molar-refractivity contribution in [2.45, 2.75) is 82.3 Å². The maximum Gasteiger partial charge on any atom is 0.339 e. The third-order valence-electron chi connectivity index (χ3n) is 8.90. The molecule has 2 aromatic carbocycles. The molecule has 2 aromatic heterocycles. The number of ether oxygens (including phenoxy) is 1. The fraction of sp³-hybridized carbons (Fsp3) is 0.438. The summed E-state index contributed by atoms with van der Waals surface area (Å²) < 4.78 is 10.2. The van der Waals surface area contributed by atoms with Gasteiger partial charge in [-0.3, -0.25) is 0 Å². The van der Waals surface area contributed by atoms with Gasteiger partial charge in [-0.1, -0.05) is 48.7 Å². The molecule has 0 aliphatic heterocycles. The summed E-state index contributed by atoms with van der Waals surface area (Å²) in [5, 5.41) is 23.2. The molecule has 3 atom stereocenters. The zero-order valence-corrected chi connectivity index (χ0v) is 22.8. The average molecular weight is 538 g/mol. The lowest BCUT2D eigenvalue weighted by molar-refractivity contribution is 0.0695. The van der Waals surface area contributed by atoms with Crippen molar-refractivity contribution in [3.63, 3.8) is 0 Å². The summed E-state index contributed by atoms with van der Waals surface area (Å²) in [5.74, 6) is 0.742. The van der Waals surface area contributed by atoms with E-state index in [2.05, 4.69) is 46.6 Å². The summed E-state index contributed by atoms with van der Waals surface area (Å²) in [4.78, 5) is 12.2. The summed E-state index contributed by atoms with van der Waals surface area (Å²) in [6, 6.07) is 16.9. The maximum absolute atomic E-state index is 12.2. The molecular formula is C32H35N5O3. The molecule has 0 saturated heterocycles. The standard InChI is InChI=1S/C32H35N5O3/c1-20(21-7-3-2-4-8-21)40-26-12-6-10-23(16-26)22-9-5-11-25(15-22)37-31(29(18-33-37)32(38)39)28-17-27(28)30-19-36(35-34-30)24-13-14-24/h5-6,9-12,15-16,18-21,24,27-28H,2-4,7-8,13-14,17H2,1H3,(H,38,39)/t20-,27?,28?/m0/s1. The van der Waals surface area contributed by atoms with Gasteiger partial charge in [0.1, 0.15) is 11.3 Å². The SMILES string of the molecule is C[C@H](Oc1cccc(-c2cccc(-n3ncc(C(=O)O)c3C3CC3c3cn(C4CC4)nn3)c2)c1)C1CCCCC1. The molecule has 3 fully saturated rings. The molecule has 40 heavy (non-hydrogen) atoms. The molecule has 0 radical (unpaired) electrons. The van der Waals surface area contributed by atoms with Gasteiger partial charge in [0.15, 0.2) is 0 Å². The van der Waals surface area contributed by atoms with Crippen molar-refractivity contribution in [3.8, 4) is 22.6 Å². The van der Waals surface area contributed by atoms with Crippen molar-refractivity contribution in [3.05, 3.63) is 77.9 Å². The normalized spacial score (nSPS) is 21.7. The molecule has 206 valence electrons. The average Bonchev–Trinajstić information content (AvgIpc) is 3.90. The monoisotopic (exact) mass is 537 g/mol. The van der Waals surface area contributed by atoms with Crippen molar-refractivity contribution in [2.75, 3.05) is 0 Å². The Kier molecular flexibility index (Phi) is 6.41. The number of rotatable bonds is 9. The first-order valence-electron chi connectivity index (χ1n) is 14.7. The van der Waals surface area contributed by atoms with Crippen LogP contribution in [0.2, 0.25) is 0 Å². The van der Waals surface area contributed by atoms with Crippen molar-refractivity contribution < 1.29 is 14.6 Å². The van der Waals surface area contributed by atoms with Crippen LogP contribution in [0.25, 0.3) is 16.8 Å². The third-order valence-corrected chi connectivity index (χ3v) is 8.90. The molecule has 0 spiro atoms. The van der Waals surface area contributed by atoms with Crippen LogP contribution in [0.3, 0.4) is 0 Å². The van der Waals surface area contributed by atoms with Crippen LogP contribution in [-0.2, 0) is 0 Å². The highest BCUT2D eigenvalue weighted by Gasteiger charge is 2.46. The van der Waals surface area contributed by atoms with Crippen LogP contribution >= 0.6 is 0 Å². The van der Waals surface area contributed by atoms with Gasteiger partial charge in [0.2, 0.25) is 0 Å². The number of carboxylic acid groups (broad SMARTS) is 1. The van der Waals surface area contributed by atoms with E-state index in [1.54, 1.807) is 4.68 Å². The second-order valence-corrected chi connectivity index (χ2v) is 11.8. The van der Waals surface area contributed by atoms with E-state index in [0.717, 1.165) is 53.2 Å². The summed E-state index contributed by atoms with van der Waals surface area (Å²) in [5.41, 5.74) is 4.85. The number of benzene rings is 2. The smallest absolute Gasteiger partial charge is 0.339 e. The topological polar surface area (TPSA) is 95.1 Å². The maximum atomic E-state index is 12.2. The first-order valence-corrected chi connectivity index (χ1v) is 14.7. The van der Waals surface area contributed by atoms with Crippen LogP contribution in [0.15, 0.2) is 60.9 Å². The van der Waals surface area contributed by atoms with E-state index < -0.39 is 5.97 Å². The number of aromatic nitrogens is 5. The Morgan fingerprint density at radius 2 is 1.77 bits per heavy atom. The first-order chi connectivity index (χ1) is 19.5. The molecule has 7 rings (SSSR count). The Hall–Kier alpha value is -3.94. The number of hydrogen-bond donors (Lipinski definition) is 1. The zero-order valence-electron chi connectivity index (χ0n) is 22.8. The molecular weight excluding hydrogens is 502 g/mol. The highest BCUT2D eigenvalue weighted by molar-refractivity contribution is 5.89. The van der Waals surface area contributed by atoms with E-state index in [1.165, 1.54) is 38.3 Å². The lowest BCUT2D eigenvalue weighted by atomic mass is 9.86. The summed E-state index contributed by atoms with van der Waals surface area (Å²) in [6.45, 7) is 2.19. The largest absolute Gasteiger partial charge is 0.490 e. The second kappa shape index (κ2) is 10.2. The lowest BCUT2D eigenvalue weighted by Gasteiger charge is -2.28. The highest BCUT2D eigenvalue weighted by atomic mass is 16.5. The van der Waals surface area contributed by atoms with Gasteiger partial charge in [-0.25, -0.2) is 14.2 Å². The number of aromatic carboxylic acids is 1. The fourth-order valence-corrected chi connectivity index (χ4v) is 6.37. The van der Waals surface area contributed by atoms with Crippen LogP contribution in [0.5, 0.6) is 5.75 Å².